The molecule has 1 N–H and O–H groups in total. The Hall–Kier alpha value is -1.99. The van der Waals surface area contributed by atoms with E-state index in [2.05, 4.69) is 4.90 Å². The molecule has 2 aliphatic heterocycles. The Labute approximate surface area is 200 Å². The Morgan fingerprint density at radius 1 is 1.03 bits per heavy atom. The van der Waals surface area contributed by atoms with Crippen molar-refractivity contribution in [2.45, 2.75) is 49.7 Å². The van der Waals surface area contributed by atoms with Crippen molar-refractivity contribution in [3.63, 3.8) is 0 Å². The van der Waals surface area contributed by atoms with E-state index in [0.717, 1.165) is 62.0 Å². The van der Waals surface area contributed by atoms with Crippen LogP contribution in [0.2, 0.25) is 0 Å². The van der Waals surface area contributed by atoms with Crippen molar-refractivity contribution >= 4 is 24.0 Å². The summed E-state index contributed by atoms with van der Waals surface area (Å²) in [6, 6.07) is 13.9. The molecule has 1 saturated carbocycles. The van der Waals surface area contributed by atoms with Crippen molar-refractivity contribution in [1.82, 2.24) is 4.90 Å². The Morgan fingerprint density at radius 3 is 2.42 bits per heavy atom. The fraction of sp³-hybridized carbons (Fsp3) is 0.500. The summed E-state index contributed by atoms with van der Waals surface area (Å²) in [5, 5.41) is 11.5. The topological polar surface area (TPSA) is 53.0 Å². The van der Waals surface area contributed by atoms with Crippen LogP contribution in [0.3, 0.4) is 0 Å². The molecule has 7 heteroatoms. The van der Waals surface area contributed by atoms with Crippen molar-refractivity contribution in [3.05, 3.63) is 65.5 Å². The van der Waals surface area contributed by atoms with E-state index in [4.69, 9.17) is 4.74 Å². The smallest absolute Gasteiger partial charge is 0.238 e. The summed E-state index contributed by atoms with van der Waals surface area (Å²) >= 11 is 0. The van der Waals surface area contributed by atoms with Gasteiger partial charge in [0.05, 0.1) is 30.8 Å². The molecule has 0 unspecified atom stereocenters. The Kier molecular flexibility index (Phi) is 7.39. The van der Waals surface area contributed by atoms with E-state index in [1.807, 2.05) is 30.3 Å². The molecule has 1 amide bonds. The minimum Gasteiger partial charge on any atom is -0.389 e. The molecular formula is C26H32ClFN2O3. The number of benzene rings is 2. The zero-order valence-electron chi connectivity index (χ0n) is 18.8. The molecule has 0 bridgehead atoms. The average molecular weight is 475 g/mol. The lowest BCUT2D eigenvalue weighted by Crippen LogP contribution is -2.49. The van der Waals surface area contributed by atoms with E-state index < -0.39 is 17.6 Å². The molecule has 0 radical (unpaired) electrons. The lowest BCUT2D eigenvalue weighted by molar-refractivity contribution is -0.125. The van der Waals surface area contributed by atoms with E-state index in [-0.39, 0.29) is 24.1 Å². The van der Waals surface area contributed by atoms with Crippen LogP contribution in [0.5, 0.6) is 0 Å². The van der Waals surface area contributed by atoms with Gasteiger partial charge in [-0.2, -0.15) is 0 Å². The molecule has 1 aliphatic carbocycles. The first-order valence-corrected chi connectivity index (χ1v) is 11.8. The summed E-state index contributed by atoms with van der Waals surface area (Å²) in [7, 11) is 0. The predicted molar refractivity (Wildman–Crippen MR) is 128 cm³/mol. The first kappa shape index (κ1) is 24.1. The minimum absolute atomic E-state index is 0. The molecule has 2 atom stereocenters. The number of hydrogen-bond donors (Lipinski definition) is 1. The molecule has 5 nitrogen and oxygen atoms in total. The molecule has 5 rings (SSSR count). The van der Waals surface area contributed by atoms with Gasteiger partial charge in [-0.15, -0.1) is 12.4 Å². The van der Waals surface area contributed by atoms with Gasteiger partial charge in [-0.25, -0.2) is 4.39 Å². The number of anilines is 1. The summed E-state index contributed by atoms with van der Waals surface area (Å²) < 4.78 is 19.8. The molecule has 1 saturated heterocycles. The number of hydrogen-bond acceptors (Lipinski definition) is 4. The van der Waals surface area contributed by atoms with Crippen molar-refractivity contribution in [2.75, 3.05) is 37.7 Å². The third kappa shape index (κ3) is 4.42. The van der Waals surface area contributed by atoms with Gasteiger partial charge in [-0.1, -0.05) is 49.6 Å². The van der Waals surface area contributed by atoms with Gasteiger partial charge in [-0.05, 0) is 42.2 Å². The number of rotatable bonds is 5. The van der Waals surface area contributed by atoms with Gasteiger partial charge < -0.3 is 14.7 Å². The van der Waals surface area contributed by atoms with Crippen LogP contribution in [0.1, 0.15) is 49.3 Å². The van der Waals surface area contributed by atoms with Crippen LogP contribution < -0.4 is 4.90 Å². The number of morpholine rings is 1. The second kappa shape index (κ2) is 10.1. The van der Waals surface area contributed by atoms with E-state index in [9.17, 15) is 14.3 Å². The first-order valence-electron chi connectivity index (χ1n) is 11.8. The SMILES string of the molecule is Cl.O=C1N([C@@H](c2ccccc2)[C@H](O)CN2CCOCC2)c2ccc(F)cc2C12CCCCC2. The number of β-amino-alcohol motifs (C(OH)–C–C–N with tert-alkyl or cyclic N) is 1. The fourth-order valence-electron chi connectivity index (χ4n) is 5.81. The maximum absolute atomic E-state index is 14.3. The Morgan fingerprint density at radius 2 is 1.73 bits per heavy atom. The molecule has 1 spiro atoms. The third-order valence-electron chi connectivity index (χ3n) is 7.40. The van der Waals surface area contributed by atoms with Gasteiger partial charge in [0.1, 0.15) is 5.82 Å². The summed E-state index contributed by atoms with van der Waals surface area (Å²) in [5.41, 5.74) is 1.75. The van der Waals surface area contributed by atoms with Crippen LogP contribution in [0.4, 0.5) is 10.1 Å². The molecule has 178 valence electrons. The van der Waals surface area contributed by atoms with Crippen molar-refractivity contribution in [2.24, 2.45) is 0 Å². The number of fused-ring (bicyclic) bond motifs is 2. The zero-order valence-corrected chi connectivity index (χ0v) is 19.6. The van der Waals surface area contributed by atoms with Gasteiger partial charge in [-0.3, -0.25) is 9.69 Å². The molecule has 2 aromatic rings. The number of ether oxygens (including phenoxy) is 1. The van der Waals surface area contributed by atoms with Gasteiger partial charge in [0.2, 0.25) is 5.91 Å². The first-order chi connectivity index (χ1) is 15.6. The van der Waals surface area contributed by atoms with Crippen molar-refractivity contribution < 1.29 is 19.0 Å². The van der Waals surface area contributed by atoms with Crippen LogP contribution in [0.15, 0.2) is 48.5 Å². The number of nitrogens with zero attached hydrogens (tertiary/aromatic N) is 2. The number of aliphatic hydroxyl groups excluding tert-OH is 1. The van der Waals surface area contributed by atoms with E-state index in [1.165, 1.54) is 6.07 Å². The molecule has 33 heavy (non-hydrogen) atoms. The minimum atomic E-state index is -0.781. The molecule has 3 aliphatic rings. The molecular weight excluding hydrogens is 443 g/mol. The Balaban J connectivity index is 0.00000259. The van der Waals surface area contributed by atoms with E-state index in [1.54, 1.807) is 17.0 Å². The molecule has 2 heterocycles. The molecule has 2 fully saturated rings. The highest BCUT2D eigenvalue weighted by atomic mass is 35.5. The van der Waals surface area contributed by atoms with Crippen LogP contribution in [0.25, 0.3) is 0 Å². The van der Waals surface area contributed by atoms with Crippen LogP contribution >= 0.6 is 12.4 Å². The fourth-order valence-corrected chi connectivity index (χ4v) is 5.81. The molecule has 0 aromatic heterocycles. The Bertz CT molecular complexity index is 961. The summed E-state index contributed by atoms with van der Waals surface area (Å²) in [4.78, 5) is 18.1. The van der Waals surface area contributed by atoms with Crippen molar-refractivity contribution in [1.29, 1.82) is 0 Å². The lowest BCUT2D eigenvalue weighted by Gasteiger charge is -2.38. The van der Waals surface area contributed by atoms with Gasteiger partial charge >= 0.3 is 0 Å². The lowest BCUT2D eigenvalue weighted by atomic mass is 9.70. The van der Waals surface area contributed by atoms with Gasteiger partial charge in [0.25, 0.3) is 0 Å². The van der Waals surface area contributed by atoms with Crippen LogP contribution in [-0.4, -0.2) is 54.9 Å². The monoisotopic (exact) mass is 474 g/mol. The zero-order chi connectivity index (χ0) is 22.1. The van der Waals surface area contributed by atoms with E-state index in [0.29, 0.717) is 19.8 Å². The standard InChI is InChI=1S/C26H31FN2O3.ClH/c27-20-9-10-22-21(17-20)26(11-5-2-6-12-26)25(31)29(22)24(19-7-3-1-4-8-19)23(30)18-28-13-15-32-16-14-28;/h1,3-4,7-10,17,23-24,30H,2,5-6,11-16,18H2;1H/t23-,24+;/m1./s1. The highest BCUT2D eigenvalue weighted by Gasteiger charge is 2.54. The second-order valence-corrected chi connectivity index (χ2v) is 9.32. The highest BCUT2D eigenvalue weighted by Crippen LogP contribution is 2.53. The predicted octanol–water partition coefficient (Wildman–Crippen LogP) is 4.23. The van der Waals surface area contributed by atoms with Crippen LogP contribution in [-0.2, 0) is 14.9 Å². The summed E-state index contributed by atoms with van der Waals surface area (Å²) in [6.07, 6.45) is 3.71. The highest BCUT2D eigenvalue weighted by molar-refractivity contribution is 6.08. The van der Waals surface area contributed by atoms with Gasteiger partial charge in [0.15, 0.2) is 0 Å². The quantitative estimate of drug-likeness (QED) is 0.704. The van der Waals surface area contributed by atoms with E-state index >= 15 is 0 Å². The third-order valence-corrected chi connectivity index (χ3v) is 7.40. The normalized spacial score (nSPS) is 22.0. The maximum Gasteiger partial charge on any atom is 0.238 e. The number of carbonyl (C=O) groups is 1. The number of carbonyl (C=O) groups excluding carboxylic acids is 1. The maximum atomic E-state index is 14.3. The summed E-state index contributed by atoms with van der Waals surface area (Å²) in [6.45, 7) is 3.28. The average Bonchev–Trinajstić information content (AvgIpc) is 3.04. The largest absolute Gasteiger partial charge is 0.389 e. The second-order valence-electron chi connectivity index (χ2n) is 9.32. The number of aliphatic hydroxyl groups is 1. The number of amides is 1. The molecule has 2 aromatic carbocycles. The van der Waals surface area contributed by atoms with Crippen LogP contribution in [0, 0.1) is 5.82 Å². The summed E-state index contributed by atoms with van der Waals surface area (Å²) in [5.74, 6) is -0.304. The van der Waals surface area contributed by atoms with Crippen molar-refractivity contribution in [3.8, 4) is 0 Å². The van der Waals surface area contributed by atoms with Gasteiger partial charge in [0, 0.05) is 25.3 Å². The number of halogens is 2.